The molecule has 0 unspecified atom stereocenters. The van der Waals surface area contributed by atoms with Gasteiger partial charge in [0.2, 0.25) is 0 Å². The van der Waals surface area contributed by atoms with E-state index in [1.807, 2.05) is 6.92 Å². The molecule has 1 aromatic rings. The zero-order valence-electron chi connectivity index (χ0n) is 9.94. The minimum atomic E-state index is -3.41. The number of hydrogen-bond acceptors (Lipinski definition) is 4. The third-order valence-electron chi connectivity index (χ3n) is 2.80. The second-order valence-electron chi connectivity index (χ2n) is 4.02. The molecular formula is C10H18N4O2S. The number of nitrogens with one attached hydrogen (secondary N) is 2. The highest BCUT2D eigenvalue weighted by Crippen LogP contribution is 2.19. The van der Waals surface area contributed by atoms with Crippen LogP contribution in [0.1, 0.15) is 19.2 Å². The number of aryl methyl sites for hydroxylation is 1. The van der Waals surface area contributed by atoms with Crippen molar-refractivity contribution in [1.29, 1.82) is 0 Å². The fourth-order valence-electron chi connectivity index (χ4n) is 1.97. The van der Waals surface area contributed by atoms with Crippen LogP contribution in [-0.2, 0) is 23.0 Å². The zero-order valence-corrected chi connectivity index (χ0v) is 10.8. The summed E-state index contributed by atoms with van der Waals surface area (Å²) < 4.78 is 28.4. The minimum absolute atomic E-state index is 0.293. The van der Waals surface area contributed by atoms with Crippen LogP contribution in [0.2, 0.25) is 0 Å². The molecule has 7 heteroatoms. The number of hydrogen-bond donors (Lipinski definition) is 2. The minimum Gasteiger partial charge on any atom is -0.318 e. The van der Waals surface area contributed by atoms with Gasteiger partial charge in [0.05, 0.1) is 6.20 Å². The van der Waals surface area contributed by atoms with Crippen LogP contribution in [0, 0.1) is 0 Å². The molecule has 0 bridgehead atoms. The molecule has 96 valence electrons. The third-order valence-corrected chi connectivity index (χ3v) is 4.26. The molecule has 0 aromatic carbocycles. The second-order valence-corrected chi connectivity index (χ2v) is 5.73. The van der Waals surface area contributed by atoms with E-state index in [1.54, 1.807) is 4.57 Å². The summed E-state index contributed by atoms with van der Waals surface area (Å²) in [4.78, 5) is 4.14. The van der Waals surface area contributed by atoms with E-state index >= 15 is 0 Å². The predicted molar refractivity (Wildman–Crippen MR) is 64.3 cm³/mol. The molecule has 0 spiro atoms. The summed E-state index contributed by atoms with van der Waals surface area (Å²) >= 11 is 0. The Balaban J connectivity index is 2.04. The van der Waals surface area contributed by atoms with Gasteiger partial charge >= 0.3 is 0 Å². The van der Waals surface area contributed by atoms with Gasteiger partial charge in [0.25, 0.3) is 10.0 Å². The SMILES string of the molecule is CCNCCNS(=O)(=O)c1cnc2n1CCC2. The first kappa shape index (κ1) is 12.5. The van der Waals surface area contributed by atoms with Gasteiger partial charge in [-0.25, -0.2) is 18.1 Å². The lowest BCUT2D eigenvalue weighted by atomic mass is 10.4. The molecule has 0 aliphatic carbocycles. The van der Waals surface area contributed by atoms with Crippen LogP contribution >= 0.6 is 0 Å². The van der Waals surface area contributed by atoms with Crippen molar-refractivity contribution in [2.75, 3.05) is 19.6 Å². The molecule has 2 N–H and O–H groups in total. The van der Waals surface area contributed by atoms with Gasteiger partial charge in [0.1, 0.15) is 5.82 Å². The topological polar surface area (TPSA) is 76.0 Å². The normalized spacial score (nSPS) is 15.1. The van der Waals surface area contributed by atoms with E-state index in [1.165, 1.54) is 6.20 Å². The van der Waals surface area contributed by atoms with Gasteiger partial charge in [-0.1, -0.05) is 6.92 Å². The van der Waals surface area contributed by atoms with Gasteiger partial charge in [0.15, 0.2) is 5.03 Å². The lowest BCUT2D eigenvalue weighted by Crippen LogP contribution is -2.32. The molecular weight excluding hydrogens is 240 g/mol. The highest BCUT2D eigenvalue weighted by Gasteiger charge is 2.24. The van der Waals surface area contributed by atoms with E-state index < -0.39 is 10.0 Å². The summed E-state index contributed by atoms with van der Waals surface area (Å²) in [6.07, 6.45) is 3.29. The van der Waals surface area contributed by atoms with E-state index in [4.69, 9.17) is 0 Å². The number of imidazole rings is 1. The maximum absolute atomic E-state index is 12.0. The molecule has 0 fully saturated rings. The molecule has 1 aromatic heterocycles. The molecule has 0 saturated carbocycles. The standard InChI is InChI=1S/C10H18N4O2S/c1-2-11-5-6-13-17(15,16)10-8-12-9-4-3-7-14(9)10/h8,11,13H,2-7H2,1H3. The predicted octanol–water partition coefficient (Wildman–Crippen LogP) is -0.283. The van der Waals surface area contributed by atoms with Crippen molar-refractivity contribution in [2.24, 2.45) is 0 Å². The zero-order chi connectivity index (χ0) is 12.3. The van der Waals surface area contributed by atoms with Crippen molar-refractivity contribution >= 4 is 10.0 Å². The molecule has 1 aliphatic rings. The average Bonchev–Trinajstić information content (AvgIpc) is 2.85. The van der Waals surface area contributed by atoms with Crippen LogP contribution in [0.4, 0.5) is 0 Å². The van der Waals surface area contributed by atoms with Crippen LogP contribution in [0.15, 0.2) is 11.2 Å². The lowest BCUT2D eigenvalue weighted by Gasteiger charge is -2.08. The quantitative estimate of drug-likeness (QED) is 0.688. The molecule has 0 saturated heterocycles. The summed E-state index contributed by atoms with van der Waals surface area (Å²) in [5.74, 6) is 0.872. The van der Waals surface area contributed by atoms with Crippen molar-refractivity contribution in [3.05, 3.63) is 12.0 Å². The smallest absolute Gasteiger partial charge is 0.257 e. The van der Waals surface area contributed by atoms with Crippen molar-refractivity contribution in [2.45, 2.75) is 31.3 Å². The fraction of sp³-hybridized carbons (Fsp3) is 0.700. The van der Waals surface area contributed by atoms with Crippen LogP contribution in [-0.4, -0.2) is 37.6 Å². The first-order valence-electron chi connectivity index (χ1n) is 5.90. The fourth-order valence-corrected chi connectivity index (χ4v) is 3.17. The van der Waals surface area contributed by atoms with Gasteiger partial charge in [0, 0.05) is 26.1 Å². The van der Waals surface area contributed by atoms with Gasteiger partial charge in [-0.2, -0.15) is 0 Å². The summed E-state index contributed by atoms with van der Waals surface area (Å²) in [6.45, 7) is 4.61. The van der Waals surface area contributed by atoms with Crippen molar-refractivity contribution in [3.63, 3.8) is 0 Å². The summed E-state index contributed by atoms with van der Waals surface area (Å²) in [5, 5.41) is 3.36. The van der Waals surface area contributed by atoms with Crippen LogP contribution in [0.25, 0.3) is 0 Å². The Bertz CT molecular complexity index is 480. The van der Waals surface area contributed by atoms with E-state index in [2.05, 4.69) is 15.0 Å². The Morgan fingerprint density at radius 3 is 3.06 bits per heavy atom. The highest BCUT2D eigenvalue weighted by atomic mass is 32.2. The van der Waals surface area contributed by atoms with Gasteiger partial charge in [-0.3, -0.25) is 0 Å². The van der Waals surface area contributed by atoms with Crippen LogP contribution < -0.4 is 10.0 Å². The monoisotopic (exact) mass is 258 g/mol. The Hall–Kier alpha value is -0.920. The molecule has 0 radical (unpaired) electrons. The summed E-state index contributed by atoms with van der Waals surface area (Å²) in [6, 6.07) is 0. The maximum Gasteiger partial charge on any atom is 0.257 e. The largest absolute Gasteiger partial charge is 0.318 e. The number of nitrogens with zero attached hydrogens (tertiary/aromatic N) is 2. The molecule has 0 atom stereocenters. The van der Waals surface area contributed by atoms with E-state index in [9.17, 15) is 8.42 Å². The molecule has 2 heterocycles. The Morgan fingerprint density at radius 2 is 2.29 bits per heavy atom. The maximum atomic E-state index is 12.0. The second kappa shape index (κ2) is 5.16. The molecule has 2 rings (SSSR count). The van der Waals surface area contributed by atoms with Crippen LogP contribution in [0.3, 0.4) is 0 Å². The summed E-state index contributed by atoms with van der Waals surface area (Å²) in [5.41, 5.74) is 0. The van der Waals surface area contributed by atoms with E-state index in [0.29, 0.717) is 18.1 Å². The van der Waals surface area contributed by atoms with E-state index in [-0.39, 0.29) is 0 Å². The molecule has 1 aliphatic heterocycles. The van der Waals surface area contributed by atoms with Crippen molar-refractivity contribution in [3.8, 4) is 0 Å². The van der Waals surface area contributed by atoms with Gasteiger partial charge in [-0.15, -0.1) is 0 Å². The van der Waals surface area contributed by atoms with E-state index in [0.717, 1.165) is 31.8 Å². The van der Waals surface area contributed by atoms with Gasteiger partial charge in [-0.05, 0) is 13.0 Å². The number of fused-ring (bicyclic) bond motifs is 1. The van der Waals surface area contributed by atoms with Gasteiger partial charge < -0.3 is 9.88 Å². The lowest BCUT2D eigenvalue weighted by molar-refractivity contribution is 0.561. The van der Waals surface area contributed by atoms with Crippen molar-refractivity contribution in [1.82, 2.24) is 19.6 Å². The molecule has 17 heavy (non-hydrogen) atoms. The summed E-state index contributed by atoms with van der Waals surface area (Å²) in [7, 11) is -3.41. The Kier molecular flexibility index (Phi) is 3.80. The first-order valence-corrected chi connectivity index (χ1v) is 7.38. The third kappa shape index (κ3) is 2.67. The number of sulfonamides is 1. The van der Waals surface area contributed by atoms with Crippen LogP contribution in [0.5, 0.6) is 0 Å². The number of rotatable bonds is 6. The van der Waals surface area contributed by atoms with Crippen molar-refractivity contribution < 1.29 is 8.42 Å². The molecule has 6 nitrogen and oxygen atoms in total. The number of aromatic nitrogens is 2. The molecule has 0 amide bonds. The first-order chi connectivity index (χ1) is 8.15. The Labute approximate surface area is 101 Å². The number of likely N-dealkylation sites (N-methyl/N-ethyl adjacent to an activating group) is 1. The average molecular weight is 258 g/mol. The highest BCUT2D eigenvalue weighted by molar-refractivity contribution is 7.89. The Morgan fingerprint density at radius 1 is 1.47 bits per heavy atom.